The van der Waals surface area contributed by atoms with Crippen LogP contribution >= 0.6 is 0 Å². The van der Waals surface area contributed by atoms with Crippen molar-refractivity contribution < 1.29 is 38.5 Å². The summed E-state index contributed by atoms with van der Waals surface area (Å²) in [5.41, 5.74) is 1.49. The van der Waals surface area contributed by atoms with Gasteiger partial charge in [0.25, 0.3) is 0 Å². The van der Waals surface area contributed by atoms with Crippen LogP contribution in [0.3, 0.4) is 0 Å². The minimum absolute atomic E-state index is 0. The molecule has 0 aliphatic rings. The predicted molar refractivity (Wildman–Crippen MR) is 139 cm³/mol. The number of para-hydroxylation sites is 2. The van der Waals surface area contributed by atoms with E-state index in [9.17, 15) is 19.8 Å². The summed E-state index contributed by atoms with van der Waals surface area (Å²) in [4.78, 5) is 24.0. The van der Waals surface area contributed by atoms with E-state index in [0.29, 0.717) is 33.1 Å². The number of rotatable bonds is 2. The standard InChI is InChI=1S/2C15H10O3.Zn/c2*16-13-11-8-4-5-9-12(11)18-15(14(13)17)10-6-2-1-3-7-10;/h2*1-9,17H;. The Balaban J connectivity index is 0.000000168. The minimum atomic E-state index is -0.407. The number of hydrogen-bond acceptors (Lipinski definition) is 6. The van der Waals surface area contributed by atoms with Crippen LogP contribution in [0.15, 0.2) is 128 Å². The summed E-state index contributed by atoms with van der Waals surface area (Å²) in [6.45, 7) is 0. The zero-order chi connectivity index (χ0) is 25.1. The van der Waals surface area contributed by atoms with Crippen LogP contribution in [0.25, 0.3) is 44.6 Å². The molecule has 2 aromatic heterocycles. The van der Waals surface area contributed by atoms with Gasteiger partial charge in [0.15, 0.2) is 11.5 Å². The van der Waals surface area contributed by atoms with Gasteiger partial charge in [-0.2, -0.15) is 0 Å². The smallest absolute Gasteiger partial charge is 0.235 e. The maximum absolute atomic E-state index is 12.0. The van der Waals surface area contributed by atoms with Gasteiger partial charge < -0.3 is 19.0 Å². The Morgan fingerprint density at radius 1 is 0.459 bits per heavy atom. The molecule has 0 amide bonds. The van der Waals surface area contributed by atoms with Gasteiger partial charge in [0.05, 0.1) is 10.8 Å². The molecule has 6 nitrogen and oxygen atoms in total. The second-order valence-electron chi connectivity index (χ2n) is 7.94. The molecular weight excluding hydrogens is 522 g/mol. The van der Waals surface area contributed by atoms with Crippen LogP contribution in [0.1, 0.15) is 0 Å². The average molecular weight is 542 g/mol. The van der Waals surface area contributed by atoms with Crippen LogP contribution < -0.4 is 10.9 Å². The van der Waals surface area contributed by atoms with Crippen LogP contribution in [0, 0.1) is 0 Å². The van der Waals surface area contributed by atoms with E-state index in [4.69, 9.17) is 8.83 Å². The first-order valence-corrected chi connectivity index (χ1v) is 11.1. The number of aromatic hydroxyl groups is 2. The first kappa shape index (κ1) is 25.6. The molecule has 2 N–H and O–H groups in total. The summed E-state index contributed by atoms with van der Waals surface area (Å²) >= 11 is 0. The quantitative estimate of drug-likeness (QED) is 0.248. The molecule has 4 aromatic carbocycles. The van der Waals surface area contributed by atoms with Crippen molar-refractivity contribution in [3.63, 3.8) is 0 Å². The topological polar surface area (TPSA) is 101 Å². The van der Waals surface area contributed by atoms with Crippen molar-refractivity contribution in [1.82, 2.24) is 0 Å². The summed E-state index contributed by atoms with van der Waals surface area (Å²) in [6, 6.07) is 31.9. The Bertz CT molecular complexity index is 1660. The third-order valence-electron chi connectivity index (χ3n) is 5.62. The van der Waals surface area contributed by atoms with Gasteiger partial charge in [0.2, 0.25) is 22.4 Å². The molecule has 178 valence electrons. The van der Waals surface area contributed by atoms with Crippen molar-refractivity contribution in [3.8, 4) is 34.1 Å². The molecule has 0 bridgehead atoms. The molecule has 6 rings (SSSR count). The van der Waals surface area contributed by atoms with Crippen LogP contribution in [-0.4, -0.2) is 10.2 Å². The molecule has 0 spiro atoms. The van der Waals surface area contributed by atoms with E-state index >= 15 is 0 Å². The van der Waals surface area contributed by atoms with Gasteiger partial charge in [0, 0.05) is 30.6 Å². The predicted octanol–water partition coefficient (Wildman–Crippen LogP) is 6.33. The van der Waals surface area contributed by atoms with Crippen LogP contribution in [0.2, 0.25) is 0 Å². The third kappa shape index (κ3) is 5.08. The Morgan fingerprint density at radius 2 is 0.784 bits per heavy atom. The zero-order valence-corrected chi connectivity index (χ0v) is 22.6. The van der Waals surface area contributed by atoms with Gasteiger partial charge in [-0.15, -0.1) is 0 Å². The maximum Gasteiger partial charge on any atom is 0.235 e. The van der Waals surface area contributed by atoms with Gasteiger partial charge in [-0.25, -0.2) is 0 Å². The van der Waals surface area contributed by atoms with Gasteiger partial charge in [-0.1, -0.05) is 84.9 Å². The molecule has 2 heterocycles. The van der Waals surface area contributed by atoms with Crippen molar-refractivity contribution in [2.75, 3.05) is 0 Å². The molecule has 0 radical (unpaired) electrons. The van der Waals surface area contributed by atoms with Gasteiger partial charge in [-0.05, 0) is 24.3 Å². The first-order chi connectivity index (χ1) is 17.5. The van der Waals surface area contributed by atoms with E-state index < -0.39 is 10.9 Å². The van der Waals surface area contributed by atoms with Gasteiger partial charge >= 0.3 is 0 Å². The van der Waals surface area contributed by atoms with Crippen molar-refractivity contribution >= 4 is 21.9 Å². The van der Waals surface area contributed by atoms with Gasteiger partial charge in [0.1, 0.15) is 11.2 Å². The van der Waals surface area contributed by atoms with E-state index in [1.807, 2.05) is 36.4 Å². The fraction of sp³-hybridized carbons (Fsp3) is 0. The van der Waals surface area contributed by atoms with Crippen molar-refractivity contribution in [2.45, 2.75) is 0 Å². The monoisotopic (exact) mass is 540 g/mol. The molecule has 0 aliphatic carbocycles. The second kappa shape index (κ2) is 11.1. The Labute approximate surface area is 223 Å². The van der Waals surface area contributed by atoms with E-state index in [2.05, 4.69) is 0 Å². The Morgan fingerprint density at radius 3 is 1.16 bits per heavy atom. The number of hydrogen-bond donors (Lipinski definition) is 2. The largest absolute Gasteiger partial charge is 0.502 e. The van der Waals surface area contributed by atoms with E-state index in [0.717, 1.165) is 0 Å². The summed E-state index contributed by atoms with van der Waals surface area (Å²) in [6.07, 6.45) is 0. The fourth-order valence-electron chi connectivity index (χ4n) is 3.83. The molecule has 37 heavy (non-hydrogen) atoms. The molecule has 0 atom stereocenters. The SMILES string of the molecule is O=c1c(O)c(-c2ccccc2)oc2ccccc12.O=c1c(O)c(-c2ccccc2)oc2ccccc12.[Zn]. The Hall–Kier alpha value is -4.48. The van der Waals surface area contributed by atoms with Crippen LogP contribution in [0.4, 0.5) is 0 Å². The molecule has 0 saturated carbocycles. The molecule has 0 aliphatic heterocycles. The summed E-state index contributed by atoms with van der Waals surface area (Å²) in [5, 5.41) is 20.7. The first-order valence-electron chi connectivity index (χ1n) is 11.1. The molecular formula is C30H20O6Zn. The molecule has 0 unspecified atom stereocenters. The number of benzene rings is 4. The van der Waals surface area contributed by atoms with E-state index in [-0.39, 0.29) is 42.5 Å². The van der Waals surface area contributed by atoms with Crippen LogP contribution in [-0.2, 0) is 19.5 Å². The van der Waals surface area contributed by atoms with E-state index in [1.54, 1.807) is 72.8 Å². The molecule has 0 fully saturated rings. The van der Waals surface area contributed by atoms with Crippen molar-refractivity contribution in [3.05, 3.63) is 130 Å². The Kier molecular flexibility index (Phi) is 7.66. The second-order valence-corrected chi connectivity index (χ2v) is 7.94. The average Bonchev–Trinajstić information content (AvgIpc) is 2.94. The fourth-order valence-corrected chi connectivity index (χ4v) is 3.83. The summed E-state index contributed by atoms with van der Waals surface area (Å²) in [5.74, 6) is -0.279. The molecule has 0 saturated heterocycles. The number of fused-ring (bicyclic) bond motifs is 2. The summed E-state index contributed by atoms with van der Waals surface area (Å²) in [7, 11) is 0. The minimum Gasteiger partial charge on any atom is -0.502 e. The van der Waals surface area contributed by atoms with Gasteiger partial charge in [-0.3, -0.25) is 9.59 Å². The summed E-state index contributed by atoms with van der Waals surface area (Å²) < 4.78 is 11.2. The zero-order valence-electron chi connectivity index (χ0n) is 19.6. The van der Waals surface area contributed by atoms with Crippen LogP contribution in [0.5, 0.6) is 11.5 Å². The maximum atomic E-state index is 12.0. The van der Waals surface area contributed by atoms with E-state index in [1.165, 1.54) is 0 Å². The normalized spacial score (nSPS) is 10.4. The molecule has 7 heteroatoms. The third-order valence-corrected chi connectivity index (χ3v) is 5.62. The van der Waals surface area contributed by atoms with Crippen molar-refractivity contribution in [1.29, 1.82) is 0 Å². The molecule has 6 aromatic rings. The van der Waals surface area contributed by atoms with Crippen molar-refractivity contribution in [2.24, 2.45) is 0 Å².